The lowest BCUT2D eigenvalue weighted by Gasteiger charge is -2.12. The minimum Gasteiger partial charge on any atom is -0.493 e. The summed E-state index contributed by atoms with van der Waals surface area (Å²) in [4.78, 5) is 12.4. The number of hydrogen-bond acceptors (Lipinski definition) is 4. The molecule has 0 radical (unpaired) electrons. The van der Waals surface area contributed by atoms with Gasteiger partial charge in [0.1, 0.15) is 29.9 Å². The van der Waals surface area contributed by atoms with Gasteiger partial charge in [-0.2, -0.15) is 5.26 Å². The van der Waals surface area contributed by atoms with E-state index in [4.69, 9.17) is 9.47 Å². The number of para-hydroxylation sites is 1. The average molecular weight is 420 g/mol. The molecule has 0 aliphatic heterocycles. The van der Waals surface area contributed by atoms with E-state index in [1.54, 1.807) is 36.4 Å². The van der Waals surface area contributed by atoms with E-state index in [-0.39, 0.29) is 23.7 Å². The summed E-state index contributed by atoms with van der Waals surface area (Å²) in [6.07, 6.45) is 1.36. The highest BCUT2D eigenvalue weighted by molar-refractivity contribution is 6.09. The molecule has 156 valence electrons. The van der Waals surface area contributed by atoms with E-state index in [2.05, 4.69) is 5.32 Å². The van der Waals surface area contributed by atoms with Crippen LogP contribution in [0.3, 0.4) is 0 Å². The van der Waals surface area contributed by atoms with Crippen LogP contribution in [-0.4, -0.2) is 13.0 Å². The Bertz CT molecular complexity index is 1150. The number of rotatable bonds is 7. The third-order valence-electron chi connectivity index (χ3n) is 4.29. The molecule has 0 saturated heterocycles. The van der Waals surface area contributed by atoms with Crippen molar-refractivity contribution in [3.05, 3.63) is 95.1 Å². The molecule has 0 saturated carbocycles. The van der Waals surface area contributed by atoms with Crippen LogP contribution in [0.5, 0.6) is 11.5 Å². The number of benzene rings is 3. The Hall–Kier alpha value is -4.18. The van der Waals surface area contributed by atoms with Crippen LogP contribution in [0.4, 0.5) is 14.5 Å². The Labute approximate surface area is 178 Å². The van der Waals surface area contributed by atoms with Gasteiger partial charge >= 0.3 is 0 Å². The molecule has 31 heavy (non-hydrogen) atoms. The van der Waals surface area contributed by atoms with Crippen molar-refractivity contribution in [2.24, 2.45) is 0 Å². The molecule has 0 heterocycles. The number of nitriles is 1. The molecule has 0 aliphatic rings. The average Bonchev–Trinajstić information content (AvgIpc) is 2.78. The van der Waals surface area contributed by atoms with Crippen molar-refractivity contribution in [2.45, 2.75) is 6.61 Å². The summed E-state index contributed by atoms with van der Waals surface area (Å²) in [5.41, 5.74) is 1.08. The molecule has 0 unspecified atom stereocenters. The van der Waals surface area contributed by atoms with Gasteiger partial charge in [0.05, 0.1) is 12.8 Å². The number of carbonyl (C=O) groups is 1. The number of nitrogens with zero attached hydrogens (tertiary/aromatic N) is 1. The first-order valence-corrected chi connectivity index (χ1v) is 9.23. The smallest absolute Gasteiger partial charge is 0.266 e. The number of carbonyl (C=O) groups excluding carboxylic acids is 1. The number of methoxy groups -OCH3 is 1. The molecule has 0 atom stereocenters. The third kappa shape index (κ3) is 5.67. The second kappa shape index (κ2) is 10.0. The van der Waals surface area contributed by atoms with E-state index in [1.165, 1.54) is 43.5 Å². The molecule has 0 fully saturated rings. The number of amides is 1. The molecular formula is C24H18F2N2O3. The van der Waals surface area contributed by atoms with Crippen LogP contribution in [0.1, 0.15) is 11.1 Å². The van der Waals surface area contributed by atoms with Crippen molar-refractivity contribution in [2.75, 3.05) is 12.4 Å². The summed E-state index contributed by atoms with van der Waals surface area (Å²) in [6, 6.07) is 18.3. The van der Waals surface area contributed by atoms with Gasteiger partial charge in [-0.05, 0) is 53.6 Å². The zero-order chi connectivity index (χ0) is 22.2. The minimum absolute atomic E-state index is 0.0178. The van der Waals surface area contributed by atoms with Gasteiger partial charge in [-0.25, -0.2) is 8.78 Å². The fraction of sp³-hybridized carbons (Fsp3) is 0.0833. The summed E-state index contributed by atoms with van der Waals surface area (Å²) in [5.74, 6) is -0.827. The number of halogens is 2. The van der Waals surface area contributed by atoms with Crippen molar-refractivity contribution in [3.63, 3.8) is 0 Å². The largest absolute Gasteiger partial charge is 0.493 e. The Balaban J connectivity index is 1.75. The quantitative estimate of drug-likeness (QED) is 0.427. The van der Waals surface area contributed by atoms with E-state index in [1.807, 2.05) is 6.07 Å². The standard InChI is InChI=1S/C24H18F2N2O3/c1-30-23-13-17(8-11-22(23)31-15-16-6-9-19(25)10-7-16)12-18(14-27)24(29)28-21-5-3-2-4-20(21)26/h2-13H,15H2,1H3,(H,28,29)/b18-12+. The summed E-state index contributed by atoms with van der Waals surface area (Å²) in [7, 11) is 1.46. The fourth-order valence-electron chi connectivity index (χ4n) is 2.70. The van der Waals surface area contributed by atoms with E-state index in [0.717, 1.165) is 5.56 Å². The molecule has 3 aromatic rings. The number of nitrogens with one attached hydrogen (secondary N) is 1. The predicted molar refractivity (Wildman–Crippen MR) is 112 cm³/mol. The first-order chi connectivity index (χ1) is 15.0. The third-order valence-corrected chi connectivity index (χ3v) is 4.29. The maximum absolute atomic E-state index is 13.7. The van der Waals surface area contributed by atoms with Crippen molar-refractivity contribution >= 4 is 17.7 Å². The van der Waals surface area contributed by atoms with Crippen molar-refractivity contribution in [3.8, 4) is 17.6 Å². The van der Waals surface area contributed by atoms with Crippen LogP contribution in [0.25, 0.3) is 6.08 Å². The summed E-state index contributed by atoms with van der Waals surface area (Å²) < 4.78 is 37.8. The second-order valence-corrected chi connectivity index (χ2v) is 6.43. The highest BCUT2D eigenvalue weighted by atomic mass is 19.1. The van der Waals surface area contributed by atoms with Crippen LogP contribution in [0, 0.1) is 23.0 Å². The van der Waals surface area contributed by atoms with Crippen molar-refractivity contribution < 1.29 is 23.0 Å². The van der Waals surface area contributed by atoms with E-state index < -0.39 is 11.7 Å². The van der Waals surface area contributed by atoms with Crippen molar-refractivity contribution in [1.29, 1.82) is 5.26 Å². The molecule has 3 rings (SSSR count). The molecule has 0 aromatic heterocycles. The van der Waals surface area contributed by atoms with Crippen LogP contribution in [0.15, 0.2) is 72.3 Å². The lowest BCUT2D eigenvalue weighted by atomic mass is 10.1. The molecule has 7 heteroatoms. The number of anilines is 1. The Morgan fingerprint density at radius 3 is 2.48 bits per heavy atom. The molecule has 5 nitrogen and oxygen atoms in total. The monoisotopic (exact) mass is 420 g/mol. The molecule has 0 aliphatic carbocycles. The van der Waals surface area contributed by atoms with Gasteiger partial charge in [0, 0.05) is 0 Å². The number of ether oxygens (including phenoxy) is 2. The second-order valence-electron chi connectivity index (χ2n) is 6.43. The minimum atomic E-state index is -0.733. The first-order valence-electron chi connectivity index (χ1n) is 9.23. The van der Waals surface area contributed by atoms with Gasteiger partial charge in [-0.3, -0.25) is 4.79 Å². The zero-order valence-electron chi connectivity index (χ0n) is 16.6. The topological polar surface area (TPSA) is 71.3 Å². The van der Waals surface area contributed by atoms with E-state index in [9.17, 15) is 18.8 Å². The van der Waals surface area contributed by atoms with Crippen LogP contribution >= 0.6 is 0 Å². The Kier molecular flexibility index (Phi) is 6.97. The summed E-state index contributed by atoms with van der Waals surface area (Å²) >= 11 is 0. The fourth-order valence-corrected chi connectivity index (χ4v) is 2.70. The van der Waals surface area contributed by atoms with Gasteiger partial charge < -0.3 is 14.8 Å². The van der Waals surface area contributed by atoms with Gasteiger partial charge in [0.25, 0.3) is 5.91 Å². The molecule has 0 bridgehead atoms. The Morgan fingerprint density at radius 1 is 1.06 bits per heavy atom. The van der Waals surface area contributed by atoms with E-state index in [0.29, 0.717) is 17.1 Å². The highest BCUT2D eigenvalue weighted by Gasteiger charge is 2.13. The summed E-state index contributed by atoms with van der Waals surface area (Å²) in [5, 5.41) is 11.7. The molecule has 0 spiro atoms. The lowest BCUT2D eigenvalue weighted by Crippen LogP contribution is -2.14. The zero-order valence-corrected chi connectivity index (χ0v) is 16.6. The Morgan fingerprint density at radius 2 is 1.81 bits per heavy atom. The van der Waals surface area contributed by atoms with Gasteiger partial charge in [0.2, 0.25) is 0 Å². The SMILES string of the molecule is COc1cc(/C=C(\C#N)C(=O)Nc2ccccc2F)ccc1OCc1ccc(F)cc1. The van der Waals surface area contributed by atoms with Gasteiger partial charge in [0.15, 0.2) is 11.5 Å². The molecule has 1 N–H and O–H groups in total. The lowest BCUT2D eigenvalue weighted by molar-refractivity contribution is -0.112. The van der Waals surface area contributed by atoms with Gasteiger partial charge in [-0.1, -0.05) is 30.3 Å². The normalized spacial score (nSPS) is 10.8. The predicted octanol–water partition coefficient (Wildman–Crippen LogP) is 5.10. The van der Waals surface area contributed by atoms with Crippen molar-refractivity contribution in [1.82, 2.24) is 0 Å². The molecule has 3 aromatic carbocycles. The first kappa shape index (κ1) is 21.5. The van der Waals surface area contributed by atoms with Crippen LogP contribution in [0.2, 0.25) is 0 Å². The van der Waals surface area contributed by atoms with E-state index >= 15 is 0 Å². The van der Waals surface area contributed by atoms with Crippen LogP contribution in [-0.2, 0) is 11.4 Å². The maximum Gasteiger partial charge on any atom is 0.266 e. The maximum atomic E-state index is 13.7. The number of hydrogen-bond donors (Lipinski definition) is 1. The van der Waals surface area contributed by atoms with Gasteiger partial charge in [-0.15, -0.1) is 0 Å². The molecule has 1 amide bonds. The highest BCUT2D eigenvalue weighted by Crippen LogP contribution is 2.30. The molecular weight excluding hydrogens is 402 g/mol. The van der Waals surface area contributed by atoms with Crippen LogP contribution < -0.4 is 14.8 Å². The summed E-state index contributed by atoms with van der Waals surface area (Å²) in [6.45, 7) is 0.209.